The van der Waals surface area contributed by atoms with Crippen molar-refractivity contribution in [1.29, 1.82) is 0 Å². The van der Waals surface area contributed by atoms with Crippen LogP contribution in [0.15, 0.2) is 36.4 Å². The highest BCUT2D eigenvalue weighted by Gasteiger charge is 2.27. The first-order chi connectivity index (χ1) is 7.66. The fourth-order valence-electron chi connectivity index (χ4n) is 1.50. The van der Waals surface area contributed by atoms with Gasteiger partial charge in [0.25, 0.3) is 0 Å². The molecule has 0 spiro atoms. The van der Waals surface area contributed by atoms with Crippen LogP contribution in [0, 0.1) is 0 Å². The van der Waals surface area contributed by atoms with E-state index in [1.165, 1.54) is 0 Å². The van der Waals surface area contributed by atoms with E-state index in [0.29, 0.717) is 13.2 Å². The van der Waals surface area contributed by atoms with Gasteiger partial charge in [-0.3, -0.25) is 0 Å². The van der Waals surface area contributed by atoms with Gasteiger partial charge in [0.1, 0.15) is 0 Å². The second-order valence-electron chi connectivity index (χ2n) is 4.41. The zero-order valence-electron chi connectivity index (χ0n) is 9.43. The highest BCUT2D eigenvalue weighted by atomic mass is 16.7. The summed E-state index contributed by atoms with van der Waals surface area (Å²) in [5, 5.41) is 0. The molecule has 86 valence electrons. The van der Waals surface area contributed by atoms with Gasteiger partial charge in [-0.2, -0.15) is 0 Å². The number of benzene rings is 1. The highest BCUT2D eigenvalue weighted by molar-refractivity contribution is 5.48. The Hall–Kier alpha value is -1.16. The Labute approximate surface area is 95.9 Å². The molecular weight excluding hydrogens is 202 g/mol. The quantitative estimate of drug-likeness (QED) is 0.824. The number of hydrogen-bond donors (Lipinski definition) is 1. The van der Waals surface area contributed by atoms with E-state index < -0.39 is 0 Å². The molecular formula is C13H17NO2. The van der Waals surface area contributed by atoms with Crippen LogP contribution < -0.4 is 5.73 Å². The molecule has 1 aromatic carbocycles. The van der Waals surface area contributed by atoms with Gasteiger partial charge < -0.3 is 15.2 Å². The minimum atomic E-state index is -0.364. The van der Waals surface area contributed by atoms with E-state index in [9.17, 15) is 0 Å². The zero-order valence-corrected chi connectivity index (χ0v) is 9.43. The van der Waals surface area contributed by atoms with Crippen LogP contribution in [0.5, 0.6) is 0 Å². The van der Waals surface area contributed by atoms with Gasteiger partial charge in [0.2, 0.25) is 0 Å². The van der Waals surface area contributed by atoms with Crippen LogP contribution >= 0.6 is 0 Å². The first-order valence-electron chi connectivity index (χ1n) is 5.41. The maximum atomic E-state index is 5.87. The predicted octanol–water partition coefficient (Wildman–Crippen LogP) is 1.79. The van der Waals surface area contributed by atoms with Crippen molar-refractivity contribution in [3.63, 3.8) is 0 Å². The lowest BCUT2D eigenvalue weighted by molar-refractivity contribution is -0.177. The second kappa shape index (κ2) is 4.78. The summed E-state index contributed by atoms with van der Waals surface area (Å²) in [6, 6.07) is 10.1. The summed E-state index contributed by atoms with van der Waals surface area (Å²) in [5.74, 6) is 0. The van der Waals surface area contributed by atoms with E-state index in [2.05, 4.69) is 0 Å². The van der Waals surface area contributed by atoms with Crippen LogP contribution in [-0.2, 0) is 9.47 Å². The Morgan fingerprint density at radius 3 is 2.50 bits per heavy atom. The van der Waals surface area contributed by atoms with E-state index in [4.69, 9.17) is 15.2 Å². The molecule has 0 amide bonds. The van der Waals surface area contributed by atoms with Crippen molar-refractivity contribution in [3.8, 4) is 0 Å². The van der Waals surface area contributed by atoms with Gasteiger partial charge in [-0.05, 0) is 18.6 Å². The summed E-state index contributed by atoms with van der Waals surface area (Å²) in [5.41, 5.74) is 6.64. The third-order valence-corrected chi connectivity index (χ3v) is 2.40. The lowest BCUT2D eigenvalue weighted by atomic mass is 10.1. The number of hydrogen-bond acceptors (Lipinski definition) is 3. The summed E-state index contributed by atoms with van der Waals surface area (Å²) < 4.78 is 11.0. The van der Waals surface area contributed by atoms with Crippen molar-refractivity contribution in [2.75, 3.05) is 13.2 Å². The standard InChI is InChI=1S/C13H17NO2/c1-13(14)9-15-12(16-10-13)8-7-11-5-3-2-4-6-11/h2-8,12H,9-10,14H2,1H3/b8-7+. The Morgan fingerprint density at radius 1 is 1.25 bits per heavy atom. The van der Waals surface area contributed by atoms with Crippen molar-refractivity contribution in [1.82, 2.24) is 0 Å². The predicted molar refractivity (Wildman–Crippen MR) is 63.8 cm³/mol. The van der Waals surface area contributed by atoms with Gasteiger partial charge in [0.05, 0.1) is 18.8 Å². The maximum absolute atomic E-state index is 5.87. The molecule has 0 saturated carbocycles. The Balaban J connectivity index is 1.90. The van der Waals surface area contributed by atoms with Gasteiger partial charge in [-0.15, -0.1) is 0 Å². The topological polar surface area (TPSA) is 44.5 Å². The minimum absolute atomic E-state index is 0.281. The molecule has 1 heterocycles. The van der Waals surface area contributed by atoms with Crippen LogP contribution in [0.4, 0.5) is 0 Å². The molecule has 1 fully saturated rings. The molecule has 0 aliphatic carbocycles. The SMILES string of the molecule is CC1(N)COC(/C=C/c2ccccc2)OC1. The first kappa shape index (κ1) is 11.3. The van der Waals surface area contributed by atoms with Gasteiger partial charge in [-0.1, -0.05) is 36.4 Å². The van der Waals surface area contributed by atoms with Crippen LogP contribution in [0.3, 0.4) is 0 Å². The summed E-state index contributed by atoms with van der Waals surface area (Å²) in [4.78, 5) is 0. The van der Waals surface area contributed by atoms with Crippen LogP contribution in [0.2, 0.25) is 0 Å². The molecule has 2 N–H and O–H groups in total. The monoisotopic (exact) mass is 219 g/mol. The molecule has 16 heavy (non-hydrogen) atoms. The van der Waals surface area contributed by atoms with Crippen molar-refractivity contribution in [2.24, 2.45) is 5.73 Å². The lowest BCUT2D eigenvalue weighted by Crippen LogP contribution is -2.51. The Bertz CT molecular complexity index is 349. The van der Waals surface area contributed by atoms with Gasteiger partial charge in [0, 0.05) is 0 Å². The van der Waals surface area contributed by atoms with Crippen molar-refractivity contribution in [2.45, 2.75) is 18.8 Å². The zero-order chi connectivity index (χ0) is 11.4. The molecule has 0 radical (unpaired) electrons. The largest absolute Gasteiger partial charge is 0.347 e. The second-order valence-corrected chi connectivity index (χ2v) is 4.41. The average molecular weight is 219 g/mol. The Kier molecular flexibility index (Phi) is 3.39. The summed E-state index contributed by atoms with van der Waals surface area (Å²) in [7, 11) is 0. The summed E-state index contributed by atoms with van der Waals surface area (Å²) >= 11 is 0. The minimum Gasteiger partial charge on any atom is -0.347 e. The third kappa shape index (κ3) is 3.17. The molecule has 1 aliphatic rings. The molecule has 3 heteroatoms. The van der Waals surface area contributed by atoms with Crippen molar-refractivity contribution in [3.05, 3.63) is 42.0 Å². The number of ether oxygens (including phenoxy) is 2. The fourth-order valence-corrected chi connectivity index (χ4v) is 1.50. The molecule has 1 aliphatic heterocycles. The fraction of sp³-hybridized carbons (Fsp3) is 0.385. The van der Waals surface area contributed by atoms with Gasteiger partial charge in [0.15, 0.2) is 6.29 Å². The molecule has 1 saturated heterocycles. The first-order valence-corrected chi connectivity index (χ1v) is 5.41. The van der Waals surface area contributed by atoms with Crippen molar-refractivity contribution < 1.29 is 9.47 Å². The Morgan fingerprint density at radius 2 is 1.88 bits per heavy atom. The molecule has 1 aromatic rings. The lowest BCUT2D eigenvalue weighted by Gasteiger charge is -2.33. The summed E-state index contributed by atoms with van der Waals surface area (Å²) in [6.45, 7) is 2.97. The number of nitrogens with two attached hydrogens (primary N) is 1. The van der Waals surface area contributed by atoms with Crippen LogP contribution in [0.1, 0.15) is 12.5 Å². The van der Waals surface area contributed by atoms with Gasteiger partial charge >= 0.3 is 0 Å². The molecule has 0 atom stereocenters. The van der Waals surface area contributed by atoms with E-state index in [1.54, 1.807) is 0 Å². The van der Waals surface area contributed by atoms with Crippen molar-refractivity contribution >= 4 is 6.08 Å². The highest BCUT2D eigenvalue weighted by Crippen LogP contribution is 2.14. The molecule has 3 nitrogen and oxygen atoms in total. The molecule has 0 bridgehead atoms. The van der Waals surface area contributed by atoms with Crippen LogP contribution in [-0.4, -0.2) is 25.0 Å². The maximum Gasteiger partial charge on any atom is 0.177 e. The van der Waals surface area contributed by atoms with E-state index >= 15 is 0 Å². The van der Waals surface area contributed by atoms with E-state index in [1.807, 2.05) is 49.4 Å². The average Bonchev–Trinajstić information content (AvgIpc) is 2.29. The van der Waals surface area contributed by atoms with Crippen LogP contribution in [0.25, 0.3) is 6.08 Å². The molecule has 2 rings (SSSR count). The third-order valence-electron chi connectivity index (χ3n) is 2.40. The summed E-state index contributed by atoms with van der Waals surface area (Å²) in [6.07, 6.45) is 3.62. The molecule has 0 unspecified atom stereocenters. The molecule has 0 aromatic heterocycles. The number of rotatable bonds is 2. The van der Waals surface area contributed by atoms with Gasteiger partial charge in [-0.25, -0.2) is 0 Å². The smallest absolute Gasteiger partial charge is 0.177 e. The normalized spacial score (nSPS) is 30.8. The van der Waals surface area contributed by atoms with E-state index in [-0.39, 0.29) is 11.8 Å². The van der Waals surface area contributed by atoms with E-state index in [0.717, 1.165) is 5.56 Å².